The van der Waals surface area contributed by atoms with Crippen molar-refractivity contribution in [1.29, 1.82) is 0 Å². The van der Waals surface area contributed by atoms with Crippen molar-refractivity contribution in [1.82, 2.24) is 9.29 Å². The Morgan fingerprint density at radius 2 is 2.06 bits per heavy atom. The molecule has 17 heavy (non-hydrogen) atoms. The van der Waals surface area contributed by atoms with Gasteiger partial charge in [0.15, 0.2) is 0 Å². The highest BCUT2D eigenvalue weighted by Crippen LogP contribution is 2.25. The second-order valence-corrected chi connectivity index (χ2v) is 6.25. The van der Waals surface area contributed by atoms with Crippen LogP contribution in [0.25, 0.3) is 0 Å². The van der Waals surface area contributed by atoms with Crippen molar-refractivity contribution >= 4 is 21.6 Å². The minimum Gasteiger partial charge on any atom is -0.393 e. The van der Waals surface area contributed by atoms with Gasteiger partial charge >= 0.3 is 0 Å². The van der Waals surface area contributed by atoms with E-state index in [1.807, 2.05) is 0 Å². The van der Waals surface area contributed by atoms with Crippen molar-refractivity contribution in [3.63, 3.8) is 0 Å². The van der Waals surface area contributed by atoms with E-state index in [9.17, 15) is 13.5 Å². The van der Waals surface area contributed by atoms with Crippen molar-refractivity contribution in [2.24, 2.45) is 0 Å². The Morgan fingerprint density at radius 1 is 1.41 bits per heavy atom. The number of halogens is 1. The first-order chi connectivity index (χ1) is 8.01. The standard InChI is InChI=1S/C10H13ClN2O3S/c11-9-1-4-12-7-10(9)17(15,16)13-5-2-8(14)3-6-13/h1,4,7-8,14H,2-3,5-6H2. The van der Waals surface area contributed by atoms with Gasteiger partial charge in [0, 0.05) is 25.5 Å². The summed E-state index contributed by atoms with van der Waals surface area (Å²) in [6, 6.07) is 1.45. The van der Waals surface area contributed by atoms with Gasteiger partial charge < -0.3 is 5.11 Å². The van der Waals surface area contributed by atoms with E-state index in [-0.39, 0.29) is 9.92 Å². The molecule has 0 atom stereocenters. The third-order valence-electron chi connectivity index (χ3n) is 2.78. The Morgan fingerprint density at radius 3 is 2.65 bits per heavy atom. The summed E-state index contributed by atoms with van der Waals surface area (Å²) in [6.07, 6.45) is 3.20. The van der Waals surface area contributed by atoms with Crippen molar-refractivity contribution in [2.45, 2.75) is 23.8 Å². The molecule has 1 aromatic heterocycles. The predicted octanol–water partition coefficient (Wildman–Crippen LogP) is 0.880. The van der Waals surface area contributed by atoms with Crippen LogP contribution in [-0.2, 0) is 10.0 Å². The van der Waals surface area contributed by atoms with Crippen LogP contribution in [0.4, 0.5) is 0 Å². The molecule has 0 saturated carbocycles. The molecule has 1 aromatic rings. The molecule has 7 heteroatoms. The number of aliphatic hydroxyl groups is 1. The maximum absolute atomic E-state index is 12.2. The molecule has 0 unspecified atom stereocenters. The zero-order chi connectivity index (χ0) is 12.5. The maximum atomic E-state index is 12.2. The molecule has 5 nitrogen and oxygen atoms in total. The topological polar surface area (TPSA) is 70.5 Å². The van der Waals surface area contributed by atoms with E-state index in [4.69, 9.17) is 11.6 Å². The van der Waals surface area contributed by atoms with Gasteiger partial charge in [-0.1, -0.05) is 11.6 Å². The number of hydrogen-bond donors (Lipinski definition) is 1. The van der Waals surface area contributed by atoms with Gasteiger partial charge in [-0.15, -0.1) is 0 Å². The molecule has 0 aliphatic carbocycles. The van der Waals surface area contributed by atoms with Gasteiger partial charge in [-0.05, 0) is 18.9 Å². The molecule has 0 aromatic carbocycles. The Hall–Kier alpha value is -0.690. The molecule has 94 valence electrons. The first kappa shape index (κ1) is 12.8. The van der Waals surface area contributed by atoms with Crippen LogP contribution < -0.4 is 0 Å². The number of hydrogen-bond acceptors (Lipinski definition) is 4. The minimum absolute atomic E-state index is 0.0260. The predicted molar refractivity (Wildman–Crippen MR) is 63.2 cm³/mol. The van der Waals surface area contributed by atoms with Crippen LogP contribution in [0.3, 0.4) is 0 Å². The molecule has 1 N–H and O–H groups in total. The van der Waals surface area contributed by atoms with Crippen molar-refractivity contribution in [2.75, 3.05) is 13.1 Å². The molecule has 0 spiro atoms. The van der Waals surface area contributed by atoms with E-state index in [2.05, 4.69) is 4.98 Å². The van der Waals surface area contributed by atoms with Crippen LogP contribution >= 0.6 is 11.6 Å². The molecule has 1 fully saturated rings. The van der Waals surface area contributed by atoms with E-state index in [0.29, 0.717) is 25.9 Å². The second kappa shape index (κ2) is 4.89. The van der Waals surface area contributed by atoms with Gasteiger partial charge in [0.25, 0.3) is 0 Å². The Bertz CT molecular complexity index is 498. The molecule has 1 aliphatic rings. The first-order valence-corrected chi connectivity index (χ1v) is 7.11. The van der Waals surface area contributed by atoms with Crippen LogP contribution in [0.15, 0.2) is 23.4 Å². The lowest BCUT2D eigenvalue weighted by molar-refractivity contribution is 0.113. The van der Waals surface area contributed by atoms with Crippen LogP contribution in [-0.4, -0.2) is 42.0 Å². The number of aromatic nitrogens is 1. The summed E-state index contributed by atoms with van der Waals surface area (Å²) >= 11 is 5.86. The van der Waals surface area contributed by atoms with E-state index in [1.165, 1.54) is 22.8 Å². The SMILES string of the molecule is O=S(=O)(c1cnccc1Cl)N1CCC(O)CC1. The lowest BCUT2D eigenvalue weighted by Crippen LogP contribution is -2.40. The number of nitrogens with zero attached hydrogens (tertiary/aromatic N) is 2. The van der Waals surface area contributed by atoms with Gasteiger partial charge in [-0.3, -0.25) is 4.98 Å². The normalized spacial score (nSPS) is 19.4. The molecule has 0 radical (unpaired) electrons. The van der Waals surface area contributed by atoms with Crippen LogP contribution in [0, 0.1) is 0 Å². The third-order valence-corrected chi connectivity index (χ3v) is 5.14. The quantitative estimate of drug-likeness (QED) is 0.871. The van der Waals surface area contributed by atoms with Crippen LogP contribution in [0.1, 0.15) is 12.8 Å². The lowest BCUT2D eigenvalue weighted by atomic mass is 10.1. The molecule has 1 aliphatic heterocycles. The number of piperidine rings is 1. The monoisotopic (exact) mass is 276 g/mol. The molecule has 1 saturated heterocycles. The van der Waals surface area contributed by atoms with E-state index < -0.39 is 16.1 Å². The fraction of sp³-hybridized carbons (Fsp3) is 0.500. The summed E-state index contributed by atoms with van der Waals surface area (Å²) in [5, 5.41) is 9.53. The summed E-state index contributed by atoms with van der Waals surface area (Å²) in [5.74, 6) is 0. The highest BCUT2D eigenvalue weighted by atomic mass is 35.5. The molecular weight excluding hydrogens is 264 g/mol. The van der Waals surface area contributed by atoms with Gasteiger partial charge in [-0.2, -0.15) is 4.31 Å². The number of rotatable bonds is 2. The van der Waals surface area contributed by atoms with Crippen molar-refractivity contribution in [3.8, 4) is 0 Å². The number of pyridine rings is 1. The molecule has 2 rings (SSSR count). The smallest absolute Gasteiger partial charge is 0.246 e. The largest absolute Gasteiger partial charge is 0.393 e. The fourth-order valence-corrected chi connectivity index (χ4v) is 3.65. The summed E-state index contributed by atoms with van der Waals surface area (Å²) in [7, 11) is -3.59. The van der Waals surface area contributed by atoms with Gasteiger partial charge in [-0.25, -0.2) is 8.42 Å². The molecule has 2 heterocycles. The van der Waals surface area contributed by atoms with E-state index >= 15 is 0 Å². The Balaban J connectivity index is 2.28. The van der Waals surface area contributed by atoms with E-state index in [1.54, 1.807) is 0 Å². The fourth-order valence-electron chi connectivity index (χ4n) is 1.77. The first-order valence-electron chi connectivity index (χ1n) is 5.29. The number of aliphatic hydroxyl groups excluding tert-OH is 1. The van der Waals surface area contributed by atoms with Crippen molar-refractivity contribution < 1.29 is 13.5 Å². The zero-order valence-electron chi connectivity index (χ0n) is 9.08. The number of sulfonamides is 1. The van der Waals surface area contributed by atoms with Crippen LogP contribution in [0.5, 0.6) is 0 Å². The molecular formula is C10H13ClN2O3S. The highest BCUT2D eigenvalue weighted by molar-refractivity contribution is 7.89. The summed E-state index contributed by atoms with van der Waals surface area (Å²) in [4.78, 5) is 3.81. The summed E-state index contributed by atoms with van der Waals surface area (Å²) in [6.45, 7) is 0.628. The molecule has 0 bridgehead atoms. The third kappa shape index (κ3) is 2.60. The second-order valence-electron chi connectivity index (χ2n) is 3.94. The lowest BCUT2D eigenvalue weighted by Gasteiger charge is -2.28. The van der Waals surface area contributed by atoms with Gasteiger partial charge in [0.1, 0.15) is 4.90 Å². The van der Waals surface area contributed by atoms with Gasteiger partial charge in [0.2, 0.25) is 10.0 Å². The highest BCUT2D eigenvalue weighted by Gasteiger charge is 2.30. The average Bonchev–Trinajstić information content (AvgIpc) is 2.30. The van der Waals surface area contributed by atoms with E-state index in [0.717, 1.165) is 0 Å². The summed E-state index contributed by atoms with van der Waals surface area (Å²) < 4.78 is 25.8. The Kier molecular flexibility index (Phi) is 3.67. The average molecular weight is 277 g/mol. The van der Waals surface area contributed by atoms with Crippen LogP contribution in [0.2, 0.25) is 5.02 Å². The van der Waals surface area contributed by atoms with Gasteiger partial charge in [0.05, 0.1) is 11.1 Å². The maximum Gasteiger partial charge on any atom is 0.246 e. The Labute approximate surface area is 105 Å². The minimum atomic E-state index is -3.59. The van der Waals surface area contributed by atoms with Crippen molar-refractivity contribution in [3.05, 3.63) is 23.5 Å². The zero-order valence-corrected chi connectivity index (χ0v) is 10.7. The summed E-state index contributed by atoms with van der Waals surface area (Å²) in [5.41, 5.74) is 0. The molecule has 0 amide bonds.